The third-order valence-corrected chi connectivity index (χ3v) is 5.29. The van der Waals surface area contributed by atoms with Gasteiger partial charge in [-0.05, 0) is 41.1 Å². The lowest BCUT2D eigenvalue weighted by atomic mass is 10.1. The molecule has 0 unspecified atom stereocenters. The number of ether oxygens (including phenoxy) is 1. The Kier molecular flexibility index (Phi) is 5.06. The normalized spacial score (nSPS) is 10.6. The quantitative estimate of drug-likeness (QED) is 0.595. The highest BCUT2D eigenvalue weighted by Gasteiger charge is 2.24. The van der Waals surface area contributed by atoms with Crippen molar-refractivity contribution in [3.05, 3.63) is 58.1 Å². The van der Waals surface area contributed by atoms with Crippen LogP contribution in [0, 0.1) is 0 Å². The standard InChI is InChI=1S/C18H14BrNO4S/c1-2-24-18(23)13-11-8-9-12(19)14(21)15(11)25-17(13)20-16(22)10-6-4-3-5-7-10/h3-9,21H,2H2,1H3,(H,20,22). The van der Waals surface area contributed by atoms with Crippen molar-refractivity contribution in [3.8, 4) is 5.75 Å². The zero-order chi connectivity index (χ0) is 18.0. The first-order chi connectivity index (χ1) is 12.0. The van der Waals surface area contributed by atoms with Gasteiger partial charge in [-0.2, -0.15) is 0 Å². The number of hydrogen-bond donors (Lipinski definition) is 2. The number of thiophene rings is 1. The molecule has 0 bridgehead atoms. The summed E-state index contributed by atoms with van der Waals surface area (Å²) < 4.78 is 6.13. The maximum atomic E-state index is 12.4. The van der Waals surface area contributed by atoms with Crippen LogP contribution in [0.4, 0.5) is 5.00 Å². The lowest BCUT2D eigenvalue weighted by Crippen LogP contribution is -2.14. The van der Waals surface area contributed by atoms with Gasteiger partial charge in [0.05, 0.1) is 15.8 Å². The summed E-state index contributed by atoms with van der Waals surface area (Å²) in [5.74, 6) is -0.858. The maximum Gasteiger partial charge on any atom is 0.341 e. The van der Waals surface area contributed by atoms with Gasteiger partial charge in [0.1, 0.15) is 16.3 Å². The number of phenolic OH excluding ortho intramolecular Hbond substituents is 1. The molecule has 0 aliphatic carbocycles. The second kappa shape index (κ2) is 7.25. The number of carbonyl (C=O) groups excluding carboxylic acids is 2. The number of benzene rings is 2. The van der Waals surface area contributed by atoms with Crippen molar-refractivity contribution >= 4 is 54.2 Å². The molecule has 0 saturated carbocycles. The minimum Gasteiger partial charge on any atom is -0.505 e. The van der Waals surface area contributed by atoms with E-state index in [2.05, 4.69) is 21.2 Å². The summed E-state index contributed by atoms with van der Waals surface area (Å²) in [6, 6.07) is 12.1. The van der Waals surface area contributed by atoms with Gasteiger partial charge in [-0.3, -0.25) is 4.79 Å². The van der Waals surface area contributed by atoms with Gasteiger partial charge in [0.25, 0.3) is 5.91 Å². The second-order valence-corrected chi connectivity index (χ2v) is 6.99. The number of amides is 1. The van der Waals surface area contributed by atoms with Crippen LogP contribution in [-0.4, -0.2) is 23.6 Å². The van der Waals surface area contributed by atoms with Crippen LogP contribution in [-0.2, 0) is 4.74 Å². The average molecular weight is 420 g/mol. The van der Waals surface area contributed by atoms with Crippen molar-refractivity contribution in [1.82, 2.24) is 0 Å². The number of nitrogens with one attached hydrogen (secondary N) is 1. The summed E-state index contributed by atoms with van der Waals surface area (Å²) in [5, 5.41) is 13.9. The Morgan fingerprint density at radius 3 is 2.60 bits per heavy atom. The molecule has 2 N–H and O–H groups in total. The number of phenols is 1. The van der Waals surface area contributed by atoms with Crippen LogP contribution in [0.1, 0.15) is 27.6 Å². The fourth-order valence-electron chi connectivity index (χ4n) is 2.38. The maximum absolute atomic E-state index is 12.4. The first-order valence-corrected chi connectivity index (χ1v) is 9.11. The highest BCUT2D eigenvalue weighted by Crippen LogP contribution is 2.43. The summed E-state index contributed by atoms with van der Waals surface area (Å²) >= 11 is 4.39. The van der Waals surface area contributed by atoms with E-state index in [1.807, 2.05) is 6.07 Å². The zero-order valence-corrected chi connectivity index (χ0v) is 15.6. The van der Waals surface area contributed by atoms with Gasteiger partial charge in [-0.25, -0.2) is 4.79 Å². The van der Waals surface area contributed by atoms with Crippen LogP contribution >= 0.6 is 27.3 Å². The lowest BCUT2D eigenvalue weighted by molar-refractivity contribution is 0.0530. The van der Waals surface area contributed by atoms with Crippen LogP contribution < -0.4 is 5.32 Å². The third-order valence-electron chi connectivity index (χ3n) is 3.53. The Balaban J connectivity index is 2.10. The molecule has 1 heterocycles. The van der Waals surface area contributed by atoms with Crippen molar-refractivity contribution in [2.75, 3.05) is 11.9 Å². The zero-order valence-electron chi connectivity index (χ0n) is 13.2. The van der Waals surface area contributed by atoms with Crippen LogP contribution in [0.2, 0.25) is 0 Å². The number of esters is 1. The molecule has 5 nitrogen and oxygen atoms in total. The molecule has 0 fully saturated rings. The van der Waals surface area contributed by atoms with Gasteiger partial charge in [-0.1, -0.05) is 24.3 Å². The minimum atomic E-state index is -0.543. The molecule has 128 valence electrons. The molecule has 0 atom stereocenters. The van der Waals surface area contributed by atoms with Crippen molar-refractivity contribution in [2.24, 2.45) is 0 Å². The molecule has 3 aromatic rings. The Morgan fingerprint density at radius 1 is 1.20 bits per heavy atom. The number of rotatable bonds is 4. The monoisotopic (exact) mass is 419 g/mol. The minimum absolute atomic E-state index is 0.0215. The SMILES string of the molecule is CCOC(=O)c1c(NC(=O)c2ccccc2)sc2c(O)c(Br)ccc12. The van der Waals surface area contributed by atoms with Crippen LogP contribution in [0.5, 0.6) is 5.75 Å². The van der Waals surface area contributed by atoms with E-state index in [0.717, 1.165) is 11.3 Å². The van der Waals surface area contributed by atoms with E-state index >= 15 is 0 Å². The van der Waals surface area contributed by atoms with Gasteiger partial charge in [0.15, 0.2) is 0 Å². The number of fused-ring (bicyclic) bond motifs is 1. The molecule has 0 saturated heterocycles. The summed E-state index contributed by atoms with van der Waals surface area (Å²) in [4.78, 5) is 24.8. The van der Waals surface area contributed by atoms with Gasteiger partial charge in [-0.15, -0.1) is 11.3 Å². The number of hydrogen-bond acceptors (Lipinski definition) is 5. The van der Waals surface area contributed by atoms with E-state index < -0.39 is 5.97 Å². The largest absolute Gasteiger partial charge is 0.505 e. The molecule has 2 aromatic carbocycles. The molecule has 1 aromatic heterocycles. The summed E-state index contributed by atoms with van der Waals surface area (Å²) in [6.45, 7) is 1.92. The highest BCUT2D eigenvalue weighted by atomic mass is 79.9. The van der Waals surface area contributed by atoms with Gasteiger partial charge < -0.3 is 15.2 Å². The predicted octanol–water partition coefficient (Wildman–Crippen LogP) is 4.80. The lowest BCUT2D eigenvalue weighted by Gasteiger charge is -2.06. The van der Waals surface area contributed by atoms with Crippen LogP contribution in [0.25, 0.3) is 10.1 Å². The number of aromatic hydroxyl groups is 1. The van der Waals surface area contributed by atoms with Gasteiger partial charge >= 0.3 is 5.97 Å². The van der Waals surface area contributed by atoms with Crippen LogP contribution in [0.15, 0.2) is 46.9 Å². The molecule has 25 heavy (non-hydrogen) atoms. The Bertz CT molecular complexity index is 953. The molecular weight excluding hydrogens is 406 g/mol. The van der Waals surface area contributed by atoms with Gasteiger partial charge in [0, 0.05) is 10.9 Å². The highest BCUT2D eigenvalue weighted by molar-refractivity contribution is 9.10. The molecule has 0 spiro atoms. The van der Waals surface area contributed by atoms with Crippen molar-refractivity contribution in [1.29, 1.82) is 0 Å². The molecule has 0 radical (unpaired) electrons. The fraction of sp³-hybridized carbons (Fsp3) is 0.111. The van der Waals surface area contributed by atoms with E-state index in [1.54, 1.807) is 43.3 Å². The third kappa shape index (κ3) is 3.38. The first kappa shape index (κ1) is 17.4. The fourth-order valence-corrected chi connectivity index (χ4v) is 3.97. The summed E-state index contributed by atoms with van der Waals surface area (Å²) in [6.07, 6.45) is 0. The Morgan fingerprint density at radius 2 is 1.92 bits per heavy atom. The van der Waals surface area contributed by atoms with Gasteiger partial charge in [0.2, 0.25) is 0 Å². The molecular formula is C18H14BrNO4S. The molecule has 7 heteroatoms. The van der Waals surface area contributed by atoms with Crippen molar-refractivity contribution in [3.63, 3.8) is 0 Å². The first-order valence-electron chi connectivity index (χ1n) is 7.50. The summed E-state index contributed by atoms with van der Waals surface area (Å²) in [5.41, 5.74) is 0.717. The van der Waals surface area contributed by atoms with E-state index in [0.29, 0.717) is 25.1 Å². The van der Waals surface area contributed by atoms with Crippen molar-refractivity contribution < 1.29 is 19.4 Å². The molecule has 1 amide bonds. The van der Waals surface area contributed by atoms with Crippen molar-refractivity contribution in [2.45, 2.75) is 6.92 Å². The average Bonchev–Trinajstić information content (AvgIpc) is 2.98. The van der Waals surface area contributed by atoms with Crippen LogP contribution in [0.3, 0.4) is 0 Å². The molecule has 0 aliphatic heterocycles. The summed E-state index contributed by atoms with van der Waals surface area (Å²) in [7, 11) is 0. The van der Waals surface area contributed by atoms with E-state index in [4.69, 9.17) is 4.74 Å². The number of anilines is 1. The van der Waals surface area contributed by atoms with E-state index in [-0.39, 0.29) is 23.8 Å². The Labute approximate surface area is 156 Å². The number of carbonyl (C=O) groups is 2. The second-order valence-electron chi connectivity index (χ2n) is 5.12. The smallest absolute Gasteiger partial charge is 0.341 e. The van der Waals surface area contributed by atoms with E-state index in [1.165, 1.54) is 0 Å². The molecule has 0 aliphatic rings. The Hall–Kier alpha value is -2.38. The topological polar surface area (TPSA) is 75.6 Å². The predicted molar refractivity (Wildman–Crippen MR) is 102 cm³/mol. The number of halogens is 1. The van der Waals surface area contributed by atoms with E-state index in [9.17, 15) is 14.7 Å². The molecule has 3 rings (SSSR count).